The fourth-order valence-electron chi connectivity index (χ4n) is 4.80. The van der Waals surface area contributed by atoms with Gasteiger partial charge in [0.15, 0.2) is 0 Å². The fraction of sp³-hybridized carbons (Fsp3) is 0.158. The molecule has 1 heterocycles. The number of benzene rings is 4. The van der Waals surface area contributed by atoms with Crippen LogP contribution in [0.3, 0.4) is 0 Å². The molecule has 5 heteroatoms. The molecule has 0 spiro atoms. The number of hydrogen-bond donors (Lipinski definition) is 0. The Hall–Kier alpha value is -4.71. The van der Waals surface area contributed by atoms with Crippen LogP contribution in [-0.2, 0) is 9.09 Å². The van der Waals surface area contributed by atoms with Crippen molar-refractivity contribution < 1.29 is 18.6 Å². The van der Waals surface area contributed by atoms with Gasteiger partial charge in [0.25, 0.3) is 0 Å². The Morgan fingerprint density at radius 2 is 1.53 bits per heavy atom. The van der Waals surface area contributed by atoms with Crippen LogP contribution in [0.2, 0.25) is 0 Å². The van der Waals surface area contributed by atoms with E-state index in [1.807, 2.05) is 89.2 Å². The van der Waals surface area contributed by atoms with Crippen LogP contribution in [0.5, 0.6) is 11.5 Å². The third kappa shape index (κ3) is 6.69. The Bertz CT molecular complexity index is 1750. The summed E-state index contributed by atoms with van der Waals surface area (Å²) in [5, 5.41) is 3.06. The second-order valence-corrected chi connectivity index (χ2v) is 11.1. The molecule has 43 heavy (non-hydrogen) atoms. The van der Waals surface area contributed by atoms with E-state index < -0.39 is 7.37 Å². The quantitative estimate of drug-likeness (QED) is 0.0887. The lowest BCUT2D eigenvalue weighted by Gasteiger charge is -2.30. The van der Waals surface area contributed by atoms with Gasteiger partial charge in [0, 0.05) is 5.56 Å². The molecule has 4 aromatic carbocycles. The van der Waals surface area contributed by atoms with Gasteiger partial charge < -0.3 is 14.0 Å². The van der Waals surface area contributed by atoms with Crippen LogP contribution in [0.15, 0.2) is 122 Å². The van der Waals surface area contributed by atoms with E-state index in [0.717, 1.165) is 33.0 Å². The van der Waals surface area contributed by atoms with Crippen LogP contribution in [0, 0.1) is 12.3 Å². The predicted octanol–water partition coefficient (Wildman–Crippen LogP) is 9.83. The van der Waals surface area contributed by atoms with E-state index >= 15 is 4.57 Å². The first-order chi connectivity index (χ1) is 21.0. The second-order valence-electron chi connectivity index (χ2n) is 8.88. The summed E-state index contributed by atoms with van der Waals surface area (Å²) in [5.41, 5.74) is 3.39. The molecule has 0 bridgehead atoms. The molecule has 0 amide bonds. The summed E-state index contributed by atoms with van der Waals surface area (Å²) < 4.78 is 33.4. The highest BCUT2D eigenvalue weighted by atomic mass is 31.2. The summed E-state index contributed by atoms with van der Waals surface area (Å²) in [5.74, 6) is 3.80. The molecule has 0 fully saturated rings. The summed E-state index contributed by atoms with van der Waals surface area (Å²) >= 11 is 0. The summed E-state index contributed by atoms with van der Waals surface area (Å²) in [4.78, 5) is 0. The van der Waals surface area contributed by atoms with Gasteiger partial charge in [-0.1, -0.05) is 114 Å². The zero-order chi connectivity index (χ0) is 31.4. The molecule has 220 valence electrons. The Morgan fingerprint density at radius 3 is 2.26 bits per heavy atom. The first-order valence-electron chi connectivity index (χ1n) is 14.4. The Labute approximate surface area is 256 Å². The van der Waals surface area contributed by atoms with Crippen molar-refractivity contribution in [3.63, 3.8) is 0 Å². The van der Waals surface area contributed by atoms with Crippen LogP contribution < -0.4 is 20.1 Å². The van der Waals surface area contributed by atoms with E-state index in [1.54, 1.807) is 18.2 Å². The molecule has 1 aliphatic heterocycles. The minimum Gasteiger partial charge on any atom is -0.489 e. The molecular formula is C38H39O4P. The topological polar surface area (TPSA) is 44.8 Å². The van der Waals surface area contributed by atoms with Crippen molar-refractivity contribution in [2.75, 3.05) is 6.61 Å². The van der Waals surface area contributed by atoms with Gasteiger partial charge in [-0.15, -0.1) is 6.42 Å². The lowest BCUT2D eigenvalue weighted by Crippen LogP contribution is -2.26. The molecule has 0 saturated carbocycles. The predicted molar refractivity (Wildman–Crippen MR) is 184 cm³/mol. The van der Waals surface area contributed by atoms with Gasteiger partial charge in [-0.25, -0.2) is 0 Å². The minimum atomic E-state index is -3.73. The van der Waals surface area contributed by atoms with Crippen molar-refractivity contribution in [3.8, 4) is 35.0 Å². The fourth-order valence-corrected chi connectivity index (χ4v) is 7.26. The van der Waals surface area contributed by atoms with E-state index in [-0.39, 0.29) is 6.61 Å². The highest BCUT2D eigenvalue weighted by molar-refractivity contribution is 7.75. The molecule has 1 unspecified atom stereocenters. The van der Waals surface area contributed by atoms with Gasteiger partial charge in [0.05, 0.1) is 16.9 Å². The summed E-state index contributed by atoms with van der Waals surface area (Å²) in [6, 6.07) is 25.3. The van der Waals surface area contributed by atoms with Crippen molar-refractivity contribution in [1.82, 2.24) is 0 Å². The first-order valence-corrected chi connectivity index (χ1v) is 16.1. The number of terminal acetylenes is 1. The van der Waals surface area contributed by atoms with Crippen LogP contribution in [0.1, 0.15) is 40.2 Å². The van der Waals surface area contributed by atoms with Crippen molar-refractivity contribution in [3.05, 3.63) is 128 Å². The molecule has 1 aliphatic rings. The number of rotatable bonds is 8. The number of hydrogen-bond acceptors (Lipinski definition) is 4. The minimum absolute atomic E-state index is 0.260. The van der Waals surface area contributed by atoms with Crippen LogP contribution in [-0.4, -0.2) is 6.61 Å². The van der Waals surface area contributed by atoms with E-state index in [2.05, 4.69) is 37.3 Å². The summed E-state index contributed by atoms with van der Waals surface area (Å²) in [7, 11) is -3.73. The van der Waals surface area contributed by atoms with Gasteiger partial charge in [0.1, 0.15) is 23.9 Å². The molecule has 4 aromatic rings. The SMILES string of the molecule is C#C/C=C\C1=C(C)c2ccccc2P(=O)(c2cc(OCC=C)c(-c3cccc4ccccc34)cc2OC=C)O1.CC.CC. The molecule has 0 radical (unpaired) electrons. The third-order valence-electron chi connectivity index (χ3n) is 6.58. The zero-order valence-electron chi connectivity index (χ0n) is 25.6. The summed E-state index contributed by atoms with van der Waals surface area (Å²) in [6.07, 6.45) is 11.6. The maximum atomic E-state index is 15.0. The van der Waals surface area contributed by atoms with Crippen molar-refractivity contribution in [1.29, 1.82) is 0 Å². The lowest BCUT2D eigenvalue weighted by molar-refractivity contribution is 0.364. The Kier molecular flexibility index (Phi) is 11.8. The van der Waals surface area contributed by atoms with Crippen molar-refractivity contribution in [2.24, 2.45) is 0 Å². The second kappa shape index (κ2) is 15.5. The average Bonchev–Trinajstić information content (AvgIpc) is 3.06. The standard InChI is InChI=1S/C34H27O4P.2C2H6/c1-5-8-19-30-24(4)26-16-11-12-20-33(26)39(35,38-30)34-23-31(37-21-6-2)29(22-32(34)36-7-3)28-18-13-15-25-14-9-10-17-27(25)28;2*1-2/h1,6-20,22-23H,2-3,21H2,4H3;2*1-2H3/b19-8-;;. The molecule has 1 atom stereocenters. The Morgan fingerprint density at radius 1 is 0.860 bits per heavy atom. The lowest BCUT2D eigenvalue weighted by atomic mass is 9.97. The van der Waals surface area contributed by atoms with Gasteiger partial charge in [-0.3, -0.25) is 4.57 Å². The normalized spacial score (nSPS) is 15.1. The van der Waals surface area contributed by atoms with Crippen molar-refractivity contribution >= 4 is 34.3 Å². The molecule has 0 aromatic heterocycles. The van der Waals surface area contributed by atoms with E-state index in [4.69, 9.17) is 20.4 Å². The van der Waals surface area contributed by atoms with Crippen molar-refractivity contribution in [2.45, 2.75) is 34.6 Å². The van der Waals surface area contributed by atoms with E-state index in [0.29, 0.717) is 27.9 Å². The smallest absolute Gasteiger partial charge is 0.311 e. The van der Waals surface area contributed by atoms with Gasteiger partial charge in [-0.2, -0.15) is 0 Å². The number of ether oxygens (including phenoxy) is 2. The first kappa shape index (κ1) is 32.8. The highest BCUT2D eigenvalue weighted by Gasteiger charge is 2.40. The van der Waals surface area contributed by atoms with Gasteiger partial charge >= 0.3 is 7.37 Å². The van der Waals surface area contributed by atoms with Gasteiger partial charge in [-0.05, 0) is 64.7 Å². The number of fused-ring (bicyclic) bond motifs is 2. The molecule has 5 rings (SSSR count). The van der Waals surface area contributed by atoms with E-state index in [9.17, 15) is 0 Å². The van der Waals surface area contributed by atoms with Gasteiger partial charge in [0.2, 0.25) is 0 Å². The highest BCUT2D eigenvalue weighted by Crippen LogP contribution is 2.56. The zero-order valence-corrected chi connectivity index (χ0v) is 26.5. The molecule has 4 nitrogen and oxygen atoms in total. The van der Waals surface area contributed by atoms with E-state index in [1.165, 1.54) is 12.3 Å². The maximum absolute atomic E-state index is 15.0. The Balaban J connectivity index is 0.00000121. The van der Waals surface area contributed by atoms with Crippen LogP contribution in [0.25, 0.3) is 27.5 Å². The van der Waals surface area contributed by atoms with Crippen LogP contribution >= 0.6 is 7.37 Å². The number of allylic oxidation sites excluding steroid dienone is 3. The third-order valence-corrected chi connectivity index (χ3v) is 9.04. The molecular weight excluding hydrogens is 551 g/mol. The molecule has 0 saturated heterocycles. The van der Waals surface area contributed by atoms with Crippen LogP contribution in [0.4, 0.5) is 0 Å². The monoisotopic (exact) mass is 590 g/mol. The molecule has 0 N–H and O–H groups in total. The maximum Gasteiger partial charge on any atom is 0.311 e. The summed E-state index contributed by atoms with van der Waals surface area (Å²) in [6.45, 7) is 17.7. The average molecular weight is 591 g/mol. The largest absolute Gasteiger partial charge is 0.489 e. The molecule has 0 aliphatic carbocycles.